The Morgan fingerprint density at radius 3 is 2.71 bits per heavy atom. The molecule has 0 radical (unpaired) electrons. The number of hydrogen-bond donors (Lipinski definition) is 1. The number of anilines is 1. The van der Waals surface area contributed by atoms with Crippen LogP contribution >= 0.6 is 15.9 Å². The molecular weight excluding hydrogens is 383 g/mol. The summed E-state index contributed by atoms with van der Waals surface area (Å²) in [6.07, 6.45) is -0.884. The minimum absolute atomic E-state index is 0.0809. The molecule has 0 aliphatic heterocycles. The second kappa shape index (κ2) is 7.39. The molecule has 0 heterocycles. The first-order valence-corrected chi connectivity index (χ1v) is 7.75. The van der Waals surface area contributed by atoms with Gasteiger partial charge in [-0.15, -0.1) is 0 Å². The van der Waals surface area contributed by atoms with E-state index in [9.17, 15) is 19.3 Å². The lowest BCUT2D eigenvalue weighted by molar-refractivity contribution is -0.385. The number of amides is 1. The molecule has 24 heavy (non-hydrogen) atoms. The number of carbonyl (C=O) groups is 1. The highest BCUT2D eigenvalue weighted by molar-refractivity contribution is 9.10. The predicted octanol–water partition coefficient (Wildman–Crippen LogP) is 4.21. The number of halogens is 2. The molecule has 2 aromatic rings. The van der Waals surface area contributed by atoms with E-state index in [1.165, 1.54) is 37.3 Å². The summed E-state index contributed by atoms with van der Waals surface area (Å²) in [5.74, 6) is -0.594. The monoisotopic (exact) mass is 396 g/mol. The van der Waals surface area contributed by atoms with Crippen molar-refractivity contribution < 1.29 is 18.8 Å². The average Bonchev–Trinajstić information content (AvgIpc) is 2.51. The van der Waals surface area contributed by atoms with Crippen molar-refractivity contribution >= 4 is 33.2 Å². The number of carbonyl (C=O) groups excluding carboxylic acids is 1. The smallest absolute Gasteiger partial charge is 0.274 e. The van der Waals surface area contributed by atoms with Crippen LogP contribution in [-0.4, -0.2) is 16.9 Å². The van der Waals surface area contributed by atoms with Gasteiger partial charge in [0.25, 0.3) is 11.6 Å². The fourth-order valence-electron chi connectivity index (χ4n) is 2.01. The maximum absolute atomic E-state index is 13.1. The topological polar surface area (TPSA) is 81.5 Å². The molecule has 0 saturated heterocycles. The van der Waals surface area contributed by atoms with Crippen molar-refractivity contribution in [2.75, 3.05) is 5.32 Å². The lowest BCUT2D eigenvalue weighted by atomic mass is 10.1. The zero-order chi connectivity index (χ0) is 17.9. The molecule has 2 rings (SSSR count). The van der Waals surface area contributed by atoms with Crippen molar-refractivity contribution in [1.29, 1.82) is 0 Å². The van der Waals surface area contributed by atoms with Crippen LogP contribution in [0, 0.1) is 22.9 Å². The van der Waals surface area contributed by atoms with E-state index in [-0.39, 0.29) is 5.69 Å². The number of nitro benzene ring substituents is 1. The molecule has 126 valence electrons. The SMILES string of the molecule is Cc1c(NC(=O)C(C)Oc2ccc(F)cc2Br)cccc1[N+](=O)[O-]. The van der Waals surface area contributed by atoms with Crippen molar-refractivity contribution in [2.24, 2.45) is 0 Å². The van der Waals surface area contributed by atoms with Crippen LogP contribution in [0.15, 0.2) is 40.9 Å². The van der Waals surface area contributed by atoms with Crippen molar-refractivity contribution in [3.63, 3.8) is 0 Å². The Hall–Kier alpha value is -2.48. The molecule has 0 fully saturated rings. The first kappa shape index (κ1) is 17.9. The molecule has 1 atom stereocenters. The Labute approximate surface area is 145 Å². The highest BCUT2D eigenvalue weighted by atomic mass is 79.9. The predicted molar refractivity (Wildman–Crippen MR) is 90.7 cm³/mol. The number of nitrogens with one attached hydrogen (secondary N) is 1. The molecule has 1 unspecified atom stereocenters. The molecule has 0 aromatic heterocycles. The molecule has 0 bridgehead atoms. The van der Waals surface area contributed by atoms with E-state index in [1.54, 1.807) is 13.0 Å². The van der Waals surface area contributed by atoms with Crippen LogP contribution in [0.4, 0.5) is 15.8 Å². The second-order valence-corrected chi connectivity index (χ2v) is 5.89. The van der Waals surface area contributed by atoms with E-state index in [4.69, 9.17) is 4.74 Å². The summed E-state index contributed by atoms with van der Waals surface area (Å²) in [5.41, 5.74) is 0.608. The fourth-order valence-corrected chi connectivity index (χ4v) is 2.45. The lowest BCUT2D eigenvalue weighted by Crippen LogP contribution is -2.30. The van der Waals surface area contributed by atoms with Gasteiger partial charge in [0, 0.05) is 6.07 Å². The Balaban J connectivity index is 2.12. The van der Waals surface area contributed by atoms with Crippen LogP contribution in [0.5, 0.6) is 5.75 Å². The Bertz CT molecular complexity index is 798. The molecule has 1 N–H and O–H groups in total. The van der Waals surface area contributed by atoms with Gasteiger partial charge in [-0.05, 0) is 54.0 Å². The van der Waals surface area contributed by atoms with Crippen LogP contribution in [-0.2, 0) is 4.79 Å². The third-order valence-electron chi connectivity index (χ3n) is 3.33. The fraction of sp³-hybridized carbons (Fsp3) is 0.188. The summed E-state index contributed by atoms with van der Waals surface area (Å²) in [6.45, 7) is 3.08. The summed E-state index contributed by atoms with van der Waals surface area (Å²) >= 11 is 3.16. The third kappa shape index (κ3) is 4.08. The van der Waals surface area contributed by atoms with Crippen LogP contribution in [0.25, 0.3) is 0 Å². The van der Waals surface area contributed by atoms with Gasteiger partial charge < -0.3 is 10.1 Å². The minimum atomic E-state index is -0.884. The first-order chi connectivity index (χ1) is 11.3. The maximum Gasteiger partial charge on any atom is 0.274 e. The highest BCUT2D eigenvalue weighted by Crippen LogP contribution is 2.28. The molecular formula is C16H14BrFN2O4. The van der Waals surface area contributed by atoms with Crippen molar-refractivity contribution in [2.45, 2.75) is 20.0 Å². The van der Waals surface area contributed by atoms with E-state index in [0.29, 0.717) is 21.5 Å². The number of nitro groups is 1. The summed E-state index contributed by atoms with van der Waals surface area (Å²) in [4.78, 5) is 22.7. The van der Waals surface area contributed by atoms with Gasteiger partial charge in [0.1, 0.15) is 11.6 Å². The standard InChI is InChI=1S/C16H14BrFN2O4/c1-9-13(4-3-5-14(9)20(22)23)19-16(21)10(2)24-15-7-6-11(18)8-12(15)17/h3-8,10H,1-2H3,(H,19,21). The molecule has 0 aliphatic rings. The average molecular weight is 397 g/mol. The van der Waals surface area contributed by atoms with Crippen molar-refractivity contribution in [3.8, 4) is 5.75 Å². The largest absolute Gasteiger partial charge is 0.480 e. The van der Waals surface area contributed by atoms with E-state index < -0.39 is 22.8 Å². The number of hydrogen-bond acceptors (Lipinski definition) is 4. The minimum Gasteiger partial charge on any atom is -0.480 e. The summed E-state index contributed by atoms with van der Waals surface area (Å²) < 4.78 is 18.9. The van der Waals surface area contributed by atoms with Gasteiger partial charge in [-0.3, -0.25) is 14.9 Å². The summed E-state index contributed by atoms with van der Waals surface area (Å²) in [7, 11) is 0. The van der Waals surface area contributed by atoms with Gasteiger partial charge in [-0.2, -0.15) is 0 Å². The number of rotatable bonds is 5. The molecule has 1 amide bonds. The van der Waals surface area contributed by atoms with Gasteiger partial charge in [0.15, 0.2) is 6.10 Å². The van der Waals surface area contributed by atoms with Gasteiger partial charge in [0.05, 0.1) is 20.6 Å². The molecule has 0 saturated carbocycles. The van der Waals surface area contributed by atoms with Crippen molar-refractivity contribution in [1.82, 2.24) is 0 Å². The molecule has 6 nitrogen and oxygen atoms in total. The normalized spacial score (nSPS) is 11.7. The van der Waals surface area contributed by atoms with E-state index >= 15 is 0 Å². The quantitative estimate of drug-likeness (QED) is 0.606. The van der Waals surface area contributed by atoms with Gasteiger partial charge in [0.2, 0.25) is 0 Å². The van der Waals surface area contributed by atoms with Gasteiger partial charge in [-0.25, -0.2) is 4.39 Å². The first-order valence-electron chi connectivity index (χ1n) is 6.96. The molecule has 2 aromatic carbocycles. The van der Waals surface area contributed by atoms with Crippen LogP contribution in [0.3, 0.4) is 0 Å². The summed E-state index contributed by atoms with van der Waals surface area (Å²) in [6, 6.07) is 8.27. The number of nitrogens with zero attached hydrogens (tertiary/aromatic N) is 1. The number of ether oxygens (including phenoxy) is 1. The van der Waals surface area contributed by atoms with Crippen LogP contribution in [0.1, 0.15) is 12.5 Å². The Morgan fingerprint density at radius 2 is 2.08 bits per heavy atom. The zero-order valence-corrected chi connectivity index (χ0v) is 14.5. The van der Waals surface area contributed by atoms with Gasteiger partial charge in [-0.1, -0.05) is 6.07 Å². The maximum atomic E-state index is 13.1. The second-order valence-electron chi connectivity index (χ2n) is 5.03. The van der Waals surface area contributed by atoms with Crippen molar-refractivity contribution in [3.05, 3.63) is 62.4 Å². The molecule has 0 spiro atoms. The Morgan fingerprint density at radius 1 is 1.38 bits per heavy atom. The lowest BCUT2D eigenvalue weighted by Gasteiger charge is -2.16. The van der Waals surface area contributed by atoms with Crippen LogP contribution < -0.4 is 10.1 Å². The molecule has 8 heteroatoms. The van der Waals surface area contributed by atoms with E-state index in [1.807, 2.05) is 0 Å². The third-order valence-corrected chi connectivity index (χ3v) is 3.95. The van der Waals surface area contributed by atoms with E-state index in [0.717, 1.165) is 0 Å². The highest BCUT2D eigenvalue weighted by Gasteiger charge is 2.20. The summed E-state index contributed by atoms with van der Waals surface area (Å²) in [5, 5.41) is 13.5. The van der Waals surface area contributed by atoms with E-state index in [2.05, 4.69) is 21.2 Å². The zero-order valence-electron chi connectivity index (χ0n) is 12.9. The van der Waals surface area contributed by atoms with Gasteiger partial charge >= 0.3 is 0 Å². The Kier molecular flexibility index (Phi) is 5.50. The number of benzene rings is 2. The molecule has 0 aliphatic carbocycles. The van der Waals surface area contributed by atoms with Crippen LogP contribution in [0.2, 0.25) is 0 Å².